The summed E-state index contributed by atoms with van der Waals surface area (Å²) < 4.78 is 7.15. The van der Waals surface area contributed by atoms with Gasteiger partial charge in [0.05, 0.1) is 18.5 Å². The van der Waals surface area contributed by atoms with Crippen LogP contribution in [0.1, 0.15) is 17.9 Å². The van der Waals surface area contributed by atoms with Crippen LogP contribution in [-0.4, -0.2) is 21.4 Å². The van der Waals surface area contributed by atoms with Crippen LogP contribution in [0.2, 0.25) is 0 Å². The normalized spacial score (nSPS) is 10.4. The highest BCUT2D eigenvalue weighted by molar-refractivity contribution is 7.80. The molecule has 0 aliphatic heterocycles. The lowest BCUT2D eigenvalue weighted by atomic mass is 10.4. The standard InChI is InChI=1S/C13H18N4OS/c1-11-5-8-17(16-11)7-3-6-14-13(19)15-10-12-4-2-9-18-12/h2,4-5,8-9H,3,6-7,10H2,1H3,(H2,14,15,19). The monoisotopic (exact) mass is 278 g/mol. The summed E-state index contributed by atoms with van der Waals surface area (Å²) in [6.07, 6.45) is 4.62. The highest BCUT2D eigenvalue weighted by Crippen LogP contribution is 1.98. The van der Waals surface area contributed by atoms with Crippen molar-refractivity contribution in [3.8, 4) is 0 Å². The van der Waals surface area contributed by atoms with Crippen molar-refractivity contribution >= 4 is 17.3 Å². The van der Waals surface area contributed by atoms with Gasteiger partial charge in [-0.2, -0.15) is 5.10 Å². The number of hydrogen-bond acceptors (Lipinski definition) is 3. The van der Waals surface area contributed by atoms with Gasteiger partial charge in [-0.1, -0.05) is 0 Å². The predicted octanol–water partition coefficient (Wildman–Crippen LogP) is 1.84. The van der Waals surface area contributed by atoms with Gasteiger partial charge in [-0.25, -0.2) is 0 Å². The third-order valence-corrected chi connectivity index (χ3v) is 2.92. The van der Waals surface area contributed by atoms with Crippen LogP contribution >= 0.6 is 12.2 Å². The Morgan fingerprint density at radius 1 is 1.42 bits per heavy atom. The number of nitrogens with one attached hydrogen (secondary N) is 2. The first kappa shape index (κ1) is 13.6. The van der Waals surface area contributed by atoms with Crippen molar-refractivity contribution in [1.82, 2.24) is 20.4 Å². The molecule has 0 fully saturated rings. The minimum atomic E-state index is 0.608. The molecule has 2 rings (SSSR count). The Bertz CT molecular complexity index is 506. The van der Waals surface area contributed by atoms with Crippen molar-refractivity contribution in [3.63, 3.8) is 0 Å². The molecule has 2 aromatic heterocycles. The Labute approximate surface area is 118 Å². The molecule has 0 spiro atoms. The first-order valence-electron chi connectivity index (χ1n) is 6.28. The van der Waals surface area contributed by atoms with Gasteiger partial charge < -0.3 is 15.1 Å². The van der Waals surface area contributed by atoms with Gasteiger partial charge in [0.15, 0.2) is 5.11 Å². The number of nitrogens with zero attached hydrogens (tertiary/aromatic N) is 2. The van der Waals surface area contributed by atoms with Crippen LogP contribution in [0, 0.1) is 6.92 Å². The minimum absolute atomic E-state index is 0.608. The van der Waals surface area contributed by atoms with E-state index in [2.05, 4.69) is 15.7 Å². The minimum Gasteiger partial charge on any atom is -0.467 e. The number of thiocarbonyl (C=S) groups is 1. The first-order valence-corrected chi connectivity index (χ1v) is 6.69. The molecular weight excluding hydrogens is 260 g/mol. The Morgan fingerprint density at radius 3 is 3.00 bits per heavy atom. The van der Waals surface area contributed by atoms with Gasteiger partial charge in [0.25, 0.3) is 0 Å². The molecule has 0 atom stereocenters. The maximum absolute atomic E-state index is 5.21. The summed E-state index contributed by atoms with van der Waals surface area (Å²) in [6, 6.07) is 5.78. The Balaban J connectivity index is 1.56. The van der Waals surface area contributed by atoms with Crippen LogP contribution in [0.4, 0.5) is 0 Å². The van der Waals surface area contributed by atoms with E-state index in [1.807, 2.05) is 36.0 Å². The van der Waals surface area contributed by atoms with Gasteiger partial charge in [0.1, 0.15) is 5.76 Å². The van der Waals surface area contributed by atoms with Gasteiger partial charge in [0.2, 0.25) is 0 Å². The lowest BCUT2D eigenvalue weighted by Gasteiger charge is -2.09. The van der Waals surface area contributed by atoms with Crippen molar-refractivity contribution in [2.24, 2.45) is 0 Å². The zero-order valence-electron chi connectivity index (χ0n) is 10.9. The van der Waals surface area contributed by atoms with Crippen LogP contribution in [0.3, 0.4) is 0 Å². The van der Waals surface area contributed by atoms with Gasteiger partial charge in [-0.3, -0.25) is 4.68 Å². The quantitative estimate of drug-likeness (QED) is 0.624. The third kappa shape index (κ3) is 4.75. The van der Waals surface area contributed by atoms with E-state index in [9.17, 15) is 0 Å². The molecule has 0 unspecified atom stereocenters. The average Bonchev–Trinajstić information content (AvgIpc) is 3.04. The van der Waals surface area contributed by atoms with Gasteiger partial charge in [-0.15, -0.1) is 0 Å². The molecule has 5 nitrogen and oxygen atoms in total. The predicted molar refractivity (Wildman–Crippen MR) is 77.7 cm³/mol. The SMILES string of the molecule is Cc1ccn(CCCNC(=S)NCc2ccco2)n1. The van der Waals surface area contributed by atoms with Crippen LogP contribution in [0.5, 0.6) is 0 Å². The van der Waals surface area contributed by atoms with E-state index in [1.165, 1.54) is 0 Å². The van der Waals surface area contributed by atoms with Crippen molar-refractivity contribution < 1.29 is 4.42 Å². The molecule has 0 bridgehead atoms. The lowest BCUT2D eigenvalue weighted by Crippen LogP contribution is -2.35. The third-order valence-electron chi connectivity index (χ3n) is 2.63. The van der Waals surface area contributed by atoms with Gasteiger partial charge in [0, 0.05) is 19.3 Å². The zero-order valence-corrected chi connectivity index (χ0v) is 11.7. The highest BCUT2D eigenvalue weighted by Gasteiger charge is 1.98. The summed E-state index contributed by atoms with van der Waals surface area (Å²) in [5, 5.41) is 11.2. The number of aromatic nitrogens is 2. The molecule has 2 aromatic rings. The van der Waals surface area contributed by atoms with Crippen LogP contribution in [-0.2, 0) is 13.1 Å². The fourth-order valence-electron chi connectivity index (χ4n) is 1.67. The molecule has 0 radical (unpaired) electrons. The molecule has 0 aliphatic rings. The second kappa shape index (κ2) is 6.94. The fourth-order valence-corrected chi connectivity index (χ4v) is 1.85. The van der Waals surface area contributed by atoms with Gasteiger partial charge >= 0.3 is 0 Å². The fraction of sp³-hybridized carbons (Fsp3) is 0.385. The summed E-state index contributed by atoms with van der Waals surface area (Å²) in [6.45, 7) is 4.31. The van der Waals surface area contributed by atoms with E-state index in [0.717, 1.165) is 31.0 Å². The molecule has 19 heavy (non-hydrogen) atoms. The van der Waals surface area contributed by atoms with Crippen LogP contribution in [0.15, 0.2) is 35.1 Å². The first-order chi connectivity index (χ1) is 9.24. The number of rotatable bonds is 6. The van der Waals surface area contributed by atoms with E-state index < -0.39 is 0 Å². The van der Waals surface area contributed by atoms with E-state index in [0.29, 0.717) is 11.7 Å². The zero-order chi connectivity index (χ0) is 13.5. The summed E-state index contributed by atoms with van der Waals surface area (Å²) in [7, 11) is 0. The Hall–Kier alpha value is -1.82. The van der Waals surface area contributed by atoms with Crippen molar-refractivity contribution in [3.05, 3.63) is 42.1 Å². The second-order valence-electron chi connectivity index (χ2n) is 4.26. The number of furan rings is 1. The van der Waals surface area contributed by atoms with Gasteiger partial charge in [-0.05, 0) is 43.8 Å². The van der Waals surface area contributed by atoms with Crippen LogP contribution in [0.25, 0.3) is 0 Å². The topological polar surface area (TPSA) is 55.0 Å². The molecule has 0 saturated carbocycles. The van der Waals surface area contributed by atoms with E-state index in [4.69, 9.17) is 16.6 Å². The molecule has 0 aliphatic carbocycles. The largest absolute Gasteiger partial charge is 0.467 e. The Kier molecular flexibility index (Phi) is 4.97. The van der Waals surface area contributed by atoms with Crippen molar-refractivity contribution in [2.45, 2.75) is 26.4 Å². The molecular formula is C13H18N4OS. The molecule has 6 heteroatoms. The average molecular weight is 278 g/mol. The molecule has 0 aromatic carbocycles. The lowest BCUT2D eigenvalue weighted by molar-refractivity contribution is 0.502. The molecule has 0 saturated heterocycles. The summed E-state index contributed by atoms with van der Waals surface area (Å²) in [5.74, 6) is 0.871. The van der Waals surface area contributed by atoms with Crippen molar-refractivity contribution in [2.75, 3.05) is 6.54 Å². The van der Waals surface area contributed by atoms with E-state index in [-0.39, 0.29) is 0 Å². The smallest absolute Gasteiger partial charge is 0.166 e. The Morgan fingerprint density at radius 2 is 2.32 bits per heavy atom. The molecule has 2 heterocycles. The summed E-state index contributed by atoms with van der Waals surface area (Å²) >= 11 is 5.17. The summed E-state index contributed by atoms with van der Waals surface area (Å²) in [5.41, 5.74) is 1.04. The maximum Gasteiger partial charge on any atom is 0.166 e. The molecule has 2 N–H and O–H groups in total. The molecule has 0 amide bonds. The van der Waals surface area contributed by atoms with Crippen molar-refractivity contribution in [1.29, 1.82) is 0 Å². The van der Waals surface area contributed by atoms with E-state index in [1.54, 1.807) is 6.26 Å². The highest BCUT2D eigenvalue weighted by atomic mass is 32.1. The second-order valence-corrected chi connectivity index (χ2v) is 4.67. The molecule has 102 valence electrons. The number of aryl methyl sites for hydroxylation is 2. The van der Waals surface area contributed by atoms with Crippen LogP contribution < -0.4 is 10.6 Å². The summed E-state index contributed by atoms with van der Waals surface area (Å²) in [4.78, 5) is 0. The van der Waals surface area contributed by atoms with E-state index >= 15 is 0 Å². The number of hydrogen-bond donors (Lipinski definition) is 2. The maximum atomic E-state index is 5.21.